The molecule has 0 heterocycles. The van der Waals surface area contributed by atoms with Crippen LogP contribution in [0, 0.1) is 11.8 Å². The third kappa shape index (κ3) is 5.06. The predicted octanol–water partition coefficient (Wildman–Crippen LogP) is 6.45. The Hall–Kier alpha value is -2.40. The Morgan fingerprint density at radius 3 is 1.83 bits per heavy atom. The first-order valence-corrected chi connectivity index (χ1v) is 8.39. The molecule has 24 heavy (non-hydrogen) atoms. The van der Waals surface area contributed by atoms with E-state index in [9.17, 15) is 8.78 Å². The van der Waals surface area contributed by atoms with E-state index in [0.29, 0.717) is 6.42 Å². The highest BCUT2D eigenvalue weighted by molar-refractivity contribution is 5.62. The van der Waals surface area contributed by atoms with Gasteiger partial charge in [0.05, 0.1) is 0 Å². The van der Waals surface area contributed by atoms with E-state index >= 15 is 0 Å². The van der Waals surface area contributed by atoms with E-state index in [1.165, 1.54) is 5.56 Å². The zero-order chi connectivity index (χ0) is 17.4. The van der Waals surface area contributed by atoms with E-state index in [4.69, 9.17) is 0 Å². The van der Waals surface area contributed by atoms with Gasteiger partial charge in [-0.25, -0.2) is 8.78 Å². The van der Waals surface area contributed by atoms with Crippen LogP contribution in [0.5, 0.6) is 0 Å². The van der Waals surface area contributed by atoms with E-state index < -0.39 is 11.7 Å². The molecule has 0 amide bonds. The van der Waals surface area contributed by atoms with Crippen LogP contribution in [-0.2, 0) is 6.42 Å². The van der Waals surface area contributed by atoms with E-state index in [1.54, 1.807) is 24.3 Å². The first kappa shape index (κ1) is 17.9. The van der Waals surface area contributed by atoms with Gasteiger partial charge in [0.25, 0.3) is 0 Å². The van der Waals surface area contributed by atoms with Gasteiger partial charge in [-0.2, -0.15) is 0 Å². The molecule has 0 nitrogen and oxygen atoms in total. The second-order valence-corrected chi connectivity index (χ2v) is 5.74. The Morgan fingerprint density at radius 2 is 1.33 bits per heavy atom. The van der Waals surface area contributed by atoms with Gasteiger partial charge in [0, 0.05) is 23.1 Å². The molecule has 0 N–H and O–H groups in total. The van der Waals surface area contributed by atoms with Gasteiger partial charge in [-0.15, -0.1) is 0 Å². The van der Waals surface area contributed by atoms with Crippen molar-refractivity contribution >= 4 is 5.83 Å². The van der Waals surface area contributed by atoms with Gasteiger partial charge in [0.1, 0.15) is 5.83 Å². The molecule has 0 saturated carbocycles. The zero-order valence-corrected chi connectivity index (χ0v) is 14.2. The summed E-state index contributed by atoms with van der Waals surface area (Å²) in [6.45, 7) is 3.98. The fraction of sp³-hybridized carbons (Fsp3) is 0.273. The maximum Gasteiger partial charge on any atom is 0.161 e. The zero-order valence-electron chi connectivity index (χ0n) is 14.2. The van der Waals surface area contributed by atoms with Gasteiger partial charge in [0.2, 0.25) is 0 Å². The Morgan fingerprint density at radius 1 is 0.792 bits per heavy atom. The molecule has 0 aliphatic carbocycles. The smallest absolute Gasteiger partial charge is 0.161 e. The Labute approximate surface area is 143 Å². The Bertz CT molecular complexity index is 741. The van der Waals surface area contributed by atoms with Crippen LogP contribution in [0.4, 0.5) is 8.78 Å². The molecule has 0 bridgehead atoms. The lowest BCUT2D eigenvalue weighted by molar-refractivity contribution is 0.559. The SMILES string of the molecule is CCCC(F)=C(F)c1ccc(C#Cc2ccc(CCC)cc2)cc1. The standard InChI is InChI=1S/C22H22F2/c1-3-5-17-7-9-18(10-8-17)11-12-19-13-15-20(16-14-19)22(24)21(23)6-4-2/h7-10,13-16H,3-6H2,1-2H3. The molecule has 0 atom stereocenters. The topological polar surface area (TPSA) is 0 Å². The van der Waals surface area contributed by atoms with Crippen LogP contribution in [0.3, 0.4) is 0 Å². The average Bonchev–Trinajstić information content (AvgIpc) is 2.61. The lowest BCUT2D eigenvalue weighted by atomic mass is 10.1. The Balaban J connectivity index is 2.11. The van der Waals surface area contributed by atoms with Crippen molar-refractivity contribution in [3.05, 3.63) is 76.6 Å². The van der Waals surface area contributed by atoms with Crippen molar-refractivity contribution in [3.8, 4) is 11.8 Å². The van der Waals surface area contributed by atoms with Crippen LogP contribution in [0.1, 0.15) is 55.4 Å². The van der Waals surface area contributed by atoms with Crippen LogP contribution in [0.15, 0.2) is 54.4 Å². The van der Waals surface area contributed by atoms with Crippen LogP contribution in [0.2, 0.25) is 0 Å². The number of allylic oxidation sites excluding steroid dienone is 1. The minimum atomic E-state index is -0.775. The van der Waals surface area contributed by atoms with Crippen LogP contribution in [0.25, 0.3) is 5.83 Å². The summed E-state index contributed by atoms with van der Waals surface area (Å²) in [5.41, 5.74) is 3.29. The third-order valence-electron chi connectivity index (χ3n) is 3.69. The summed E-state index contributed by atoms with van der Waals surface area (Å²) < 4.78 is 27.4. The minimum Gasteiger partial charge on any atom is -0.209 e. The molecular weight excluding hydrogens is 302 g/mol. The minimum absolute atomic E-state index is 0.126. The normalized spacial score (nSPS) is 11.5. The van der Waals surface area contributed by atoms with Gasteiger partial charge in [-0.1, -0.05) is 56.4 Å². The van der Waals surface area contributed by atoms with Gasteiger partial charge >= 0.3 is 0 Å². The summed E-state index contributed by atoms with van der Waals surface area (Å²) in [5.74, 6) is 4.68. The molecule has 0 fully saturated rings. The largest absolute Gasteiger partial charge is 0.209 e. The monoisotopic (exact) mass is 324 g/mol. The molecule has 2 aromatic carbocycles. The number of hydrogen-bond donors (Lipinski definition) is 0. The summed E-state index contributed by atoms with van der Waals surface area (Å²) in [5, 5.41) is 0. The van der Waals surface area contributed by atoms with Gasteiger partial charge < -0.3 is 0 Å². The van der Waals surface area contributed by atoms with Crippen molar-refractivity contribution < 1.29 is 8.78 Å². The molecule has 0 radical (unpaired) electrons. The first-order valence-electron chi connectivity index (χ1n) is 8.39. The maximum absolute atomic E-state index is 13.9. The summed E-state index contributed by atoms with van der Waals surface area (Å²) in [6, 6.07) is 14.8. The molecular formula is C22H22F2. The highest BCUT2D eigenvalue weighted by Gasteiger charge is 2.07. The van der Waals surface area contributed by atoms with E-state index in [1.807, 2.05) is 19.1 Å². The number of aryl methyl sites for hydroxylation is 1. The molecule has 2 aromatic rings. The molecule has 2 heteroatoms. The fourth-order valence-corrected chi connectivity index (χ4v) is 2.37. The van der Waals surface area contributed by atoms with E-state index in [-0.39, 0.29) is 12.0 Å². The number of hydrogen-bond acceptors (Lipinski definition) is 0. The second-order valence-electron chi connectivity index (χ2n) is 5.74. The molecule has 0 aromatic heterocycles. The van der Waals surface area contributed by atoms with Crippen molar-refractivity contribution in [1.82, 2.24) is 0 Å². The lowest BCUT2D eigenvalue weighted by Crippen LogP contribution is -1.85. The number of benzene rings is 2. The average molecular weight is 324 g/mol. The molecule has 2 rings (SSSR count). The predicted molar refractivity (Wildman–Crippen MR) is 96.9 cm³/mol. The van der Waals surface area contributed by atoms with Gasteiger partial charge in [-0.3, -0.25) is 0 Å². The summed E-state index contributed by atoms with van der Waals surface area (Å²) in [4.78, 5) is 0. The van der Waals surface area contributed by atoms with Crippen molar-refractivity contribution in [1.29, 1.82) is 0 Å². The molecule has 0 saturated heterocycles. The highest BCUT2D eigenvalue weighted by Crippen LogP contribution is 2.24. The fourth-order valence-electron chi connectivity index (χ4n) is 2.37. The molecule has 0 aliphatic heterocycles. The van der Waals surface area contributed by atoms with Crippen LogP contribution >= 0.6 is 0 Å². The third-order valence-corrected chi connectivity index (χ3v) is 3.69. The van der Waals surface area contributed by atoms with Crippen molar-refractivity contribution in [3.63, 3.8) is 0 Å². The molecule has 0 spiro atoms. The van der Waals surface area contributed by atoms with Crippen LogP contribution in [-0.4, -0.2) is 0 Å². The van der Waals surface area contributed by atoms with E-state index in [2.05, 4.69) is 30.9 Å². The summed E-state index contributed by atoms with van der Waals surface area (Å²) in [6.07, 6.45) is 2.91. The molecule has 0 unspecified atom stereocenters. The Kier molecular flexibility index (Phi) is 6.75. The maximum atomic E-state index is 13.9. The number of rotatable bonds is 5. The number of halogens is 2. The summed E-state index contributed by atoms with van der Waals surface area (Å²) >= 11 is 0. The van der Waals surface area contributed by atoms with Crippen molar-refractivity contribution in [2.45, 2.75) is 39.5 Å². The quantitative estimate of drug-likeness (QED) is 0.555. The van der Waals surface area contributed by atoms with E-state index in [0.717, 1.165) is 24.0 Å². The van der Waals surface area contributed by atoms with Crippen molar-refractivity contribution in [2.75, 3.05) is 0 Å². The lowest BCUT2D eigenvalue weighted by Gasteiger charge is -2.01. The highest BCUT2D eigenvalue weighted by atomic mass is 19.2. The first-order chi connectivity index (χ1) is 11.6. The van der Waals surface area contributed by atoms with Crippen molar-refractivity contribution in [2.24, 2.45) is 0 Å². The second kappa shape index (κ2) is 9.03. The molecule has 124 valence electrons. The summed E-state index contributed by atoms with van der Waals surface area (Å²) in [7, 11) is 0. The van der Waals surface area contributed by atoms with Gasteiger partial charge in [0.15, 0.2) is 5.83 Å². The van der Waals surface area contributed by atoms with Crippen LogP contribution < -0.4 is 0 Å². The molecule has 0 aliphatic rings. The van der Waals surface area contributed by atoms with Gasteiger partial charge in [-0.05, 0) is 42.7 Å².